The normalized spacial score (nSPS) is 16.8. The maximum Gasteiger partial charge on any atom is 0.223 e. The third-order valence-electron chi connectivity index (χ3n) is 4.90. The molecule has 1 aromatic heterocycles. The van der Waals surface area contributed by atoms with Gasteiger partial charge in [0.15, 0.2) is 11.7 Å². The predicted octanol–water partition coefficient (Wildman–Crippen LogP) is 4.15. The lowest BCUT2D eigenvalue weighted by Gasteiger charge is -2.33. The van der Waals surface area contributed by atoms with Crippen molar-refractivity contribution < 1.29 is 22.7 Å². The van der Waals surface area contributed by atoms with E-state index >= 15 is 0 Å². The number of halogens is 2. The Hall–Kier alpha value is -3.06. The molecule has 0 saturated carbocycles. The number of aryl methyl sites for hydroxylation is 1. The molecule has 0 spiro atoms. The highest BCUT2D eigenvalue weighted by Crippen LogP contribution is 2.24. The number of hydrogen-bond donors (Lipinski definition) is 0. The van der Waals surface area contributed by atoms with Crippen molar-refractivity contribution in [2.45, 2.75) is 18.9 Å². The van der Waals surface area contributed by atoms with E-state index in [1.165, 1.54) is 24.3 Å². The standard InChI is InChI=1S/C22H20F2N2O3/c23-17-5-1-15(2-6-17)19-13-25-21(29-19)9-10-22(27)26-11-12-28-20(14-26)16-3-7-18(24)8-4-16/h1-8,13,20H,9-12,14H2. The summed E-state index contributed by atoms with van der Waals surface area (Å²) in [5, 5.41) is 0. The van der Waals surface area contributed by atoms with Crippen molar-refractivity contribution in [3.05, 3.63) is 77.8 Å². The topological polar surface area (TPSA) is 55.6 Å². The molecule has 1 amide bonds. The summed E-state index contributed by atoms with van der Waals surface area (Å²) in [5.74, 6) is 0.366. The van der Waals surface area contributed by atoms with Crippen LogP contribution in [0.2, 0.25) is 0 Å². The molecule has 4 rings (SSSR count). The first-order valence-electron chi connectivity index (χ1n) is 9.44. The molecule has 5 nitrogen and oxygen atoms in total. The average molecular weight is 398 g/mol. The number of rotatable bonds is 5. The Bertz CT molecular complexity index is 970. The lowest BCUT2D eigenvalue weighted by Crippen LogP contribution is -2.42. The highest BCUT2D eigenvalue weighted by atomic mass is 19.1. The molecule has 150 valence electrons. The summed E-state index contributed by atoms with van der Waals surface area (Å²) in [6.07, 6.45) is 1.95. The number of nitrogens with zero attached hydrogens (tertiary/aromatic N) is 2. The van der Waals surface area contributed by atoms with E-state index in [4.69, 9.17) is 9.15 Å². The van der Waals surface area contributed by atoms with Crippen LogP contribution in [0.5, 0.6) is 0 Å². The average Bonchev–Trinajstić information content (AvgIpc) is 3.22. The summed E-state index contributed by atoms with van der Waals surface area (Å²) in [4.78, 5) is 18.6. The first-order valence-corrected chi connectivity index (χ1v) is 9.44. The van der Waals surface area contributed by atoms with Crippen molar-refractivity contribution in [2.24, 2.45) is 0 Å². The number of carbonyl (C=O) groups is 1. The molecule has 1 aliphatic heterocycles. The van der Waals surface area contributed by atoms with Crippen LogP contribution in [-0.2, 0) is 16.0 Å². The SMILES string of the molecule is O=C(CCc1ncc(-c2ccc(F)cc2)o1)N1CCOC(c2ccc(F)cc2)C1. The molecule has 1 aliphatic rings. The molecule has 1 fully saturated rings. The number of morpholine rings is 1. The van der Waals surface area contributed by atoms with E-state index in [2.05, 4.69) is 4.98 Å². The Morgan fingerprint density at radius 3 is 2.48 bits per heavy atom. The number of hydrogen-bond acceptors (Lipinski definition) is 4. The number of carbonyl (C=O) groups excluding carboxylic acids is 1. The van der Waals surface area contributed by atoms with Gasteiger partial charge in [0.1, 0.15) is 17.7 Å². The lowest BCUT2D eigenvalue weighted by atomic mass is 10.1. The van der Waals surface area contributed by atoms with Gasteiger partial charge in [-0.15, -0.1) is 0 Å². The second-order valence-electron chi connectivity index (χ2n) is 6.88. The van der Waals surface area contributed by atoms with Crippen molar-refractivity contribution in [1.82, 2.24) is 9.88 Å². The molecule has 0 N–H and O–H groups in total. The zero-order valence-corrected chi connectivity index (χ0v) is 15.7. The van der Waals surface area contributed by atoms with Crippen LogP contribution in [0.1, 0.15) is 24.0 Å². The minimum Gasteiger partial charge on any atom is -0.441 e. The van der Waals surface area contributed by atoms with E-state index < -0.39 is 0 Å². The van der Waals surface area contributed by atoms with Gasteiger partial charge in [0.25, 0.3) is 0 Å². The minimum absolute atomic E-state index is 0.0121. The maximum absolute atomic E-state index is 13.1. The van der Waals surface area contributed by atoms with Crippen molar-refractivity contribution in [2.75, 3.05) is 19.7 Å². The van der Waals surface area contributed by atoms with Crippen LogP contribution < -0.4 is 0 Å². The van der Waals surface area contributed by atoms with Crippen LogP contribution in [0, 0.1) is 11.6 Å². The summed E-state index contributed by atoms with van der Waals surface area (Å²) in [7, 11) is 0. The van der Waals surface area contributed by atoms with Gasteiger partial charge < -0.3 is 14.1 Å². The number of oxazole rings is 1. The molecular weight excluding hydrogens is 378 g/mol. The molecular formula is C22H20F2N2O3. The molecule has 0 radical (unpaired) electrons. The van der Waals surface area contributed by atoms with Crippen LogP contribution in [0.3, 0.4) is 0 Å². The molecule has 0 aliphatic carbocycles. The number of aromatic nitrogens is 1. The molecule has 29 heavy (non-hydrogen) atoms. The predicted molar refractivity (Wildman–Crippen MR) is 102 cm³/mol. The van der Waals surface area contributed by atoms with E-state index in [9.17, 15) is 13.6 Å². The summed E-state index contributed by atoms with van der Waals surface area (Å²) in [5.41, 5.74) is 1.58. The molecule has 1 unspecified atom stereocenters. The summed E-state index contributed by atoms with van der Waals surface area (Å²) < 4.78 is 37.6. The van der Waals surface area contributed by atoms with Crippen LogP contribution in [-0.4, -0.2) is 35.5 Å². The molecule has 2 heterocycles. The van der Waals surface area contributed by atoms with Gasteiger partial charge in [-0.2, -0.15) is 0 Å². The van der Waals surface area contributed by atoms with E-state index in [0.29, 0.717) is 37.8 Å². The number of amides is 1. The Morgan fingerprint density at radius 2 is 1.76 bits per heavy atom. The van der Waals surface area contributed by atoms with Gasteiger partial charge in [-0.05, 0) is 42.0 Å². The zero-order chi connectivity index (χ0) is 20.2. The lowest BCUT2D eigenvalue weighted by molar-refractivity contribution is -0.139. The minimum atomic E-state index is -0.316. The van der Waals surface area contributed by atoms with Crippen molar-refractivity contribution in [1.29, 1.82) is 0 Å². The van der Waals surface area contributed by atoms with Crippen molar-refractivity contribution in [3.8, 4) is 11.3 Å². The van der Waals surface area contributed by atoms with Crippen molar-refractivity contribution >= 4 is 5.91 Å². The summed E-state index contributed by atoms with van der Waals surface area (Å²) >= 11 is 0. The Kier molecular flexibility index (Phi) is 5.67. The van der Waals surface area contributed by atoms with E-state index in [1.54, 1.807) is 35.4 Å². The fraction of sp³-hybridized carbons (Fsp3) is 0.273. The van der Waals surface area contributed by atoms with Gasteiger partial charge in [-0.25, -0.2) is 13.8 Å². The Balaban J connectivity index is 1.33. The van der Waals surface area contributed by atoms with Crippen LogP contribution in [0.25, 0.3) is 11.3 Å². The first-order chi connectivity index (χ1) is 14.1. The van der Waals surface area contributed by atoms with Crippen LogP contribution in [0.4, 0.5) is 8.78 Å². The quantitative estimate of drug-likeness (QED) is 0.648. The fourth-order valence-corrected chi connectivity index (χ4v) is 3.30. The van der Waals surface area contributed by atoms with Gasteiger partial charge in [-0.1, -0.05) is 12.1 Å². The molecule has 3 aromatic rings. The number of benzene rings is 2. The van der Waals surface area contributed by atoms with Crippen molar-refractivity contribution in [3.63, 3.8) is 0 Å². The van der Waals surface area contributed by atoms with Gasteiger partial charge in [0.05, 0.1) is 19.3 Å². The zero-order valence-electron chi connectivity index (χ0n) is 15.7. The second-order valence-corrected chi connectivity index (χ2v) is 6.88. The third kappa shape index (κ3) is 4.68. The van der Waals surface area contributed by atoms with Gasteiger partial charge in [0.2, 0.25) is 5.91 Å². The summed E-state index contributed by atoms with van der Waals surface area (Å²) in [6.45, 7) is 1.38. The highest BCUT2D eigenvalue weighted by molar-refractivity contribution is 5.76. The van der Waals surface area contributed by atoms with Crippen LogP contribution >= 0.6 is 0 Å². The molecule has 0 bridgehead atoms. The maximum atomic E-state index is 13.1. The van der Waals surface area contributed by atoms with E-state index in [-0.39, 0.29) is 30.1 Å². The highest BCUT2D eigenvalue weighted by Gasteiger charge is 2.25. The fourth-order valence-electron chi connectivity index (χ4n) is 3.30. The molecule has 1 atom stereocenters. The Morgan fingerprint density at radius 1 is 1.07 bits per heavy atom. The molecule has 7 heteroatoms. The number of ether oxygens (including phenoxy) is 1. The van der Waals surface area contributed by atoms with Gasteiger partial charge >= 0.3 is 0 Å². The van der Waals surface area contributed by atoms with E-state index in [1.807, 2.05) is 0 Å². The van der Waals surface area contributed by atoms with Gasteiger partial charge in [-0.3, -0.25) is 4.79 Å². The second kappa shape index (κ2) is 8.53. The van der Waals surface area contributed by atoms with Crippen LogP contribution in [0.15, 0.2) is 59.1 Å². The molecule has 1 saturated heterocycles. The largest absolute Gasteiger partial charge is 0.441 e. The summed E-state index contributed by atoms with van der Waals surface area (Å²) in [6, 6.07) is 12.1. The monoisotopic (exact) mass is 398 g/mol. The Labute approximate surface area is 166 Å². The molecule has 2 aromatic carbocycles. The first kappa shape index (κ1) is 19.3. The van der Waals surface area contributed by atoms with Gasteiger partial charge in [0, 0.05) is 24.9 Å². The van der Waals surface area contributed by atoms with E-state index in [0.717, 1.165) is 11.1 Å². The smallest absolute Gasteiger partial charge is 0.223 e. The third-order valence-corrected chi connectivity index (χ3v) is 4.90.